The number of benzene rings is 1. The van der Waals surface area contributed by atoms with E-state index in [-0.39, 0.29) is 24.9 Å². The summed E-state index contributed by atoms with van der Waals surface area (Å²) in [5.41, 5.74) is 0.802. The molecule has 0 saturated heterocycles. The van der Waals surface area contributed by atoms with Crippen LogP contribution in [-0.4, -0.2) is 39.0 Å². The Morgan fingerprint density at radius 3 is 2.30 bits per heavy atom. The lowest BCUT2D eigenvalue weighted by atomic mass is 10.1. The first-order valence-corrected chi connectivity index (χ1v) is 9.18. The molecular formula is C15H22NO6P. The summed E-state index contributed by atoms with van der Waals surface area (Å²) < 4.78 is 10.7. The average molecular weight is 343 g/mol. The number of carboxylic acids is 1. The second-order valence-electron chi connectivity index (χ2n) is 5.36. The molecule has 1 aromatic carbocycles. The molecule has 0 unspecified atom stereocenters. The van der Waals surface area contributed by atoms with Crippen molar-refractivity contribution in [2.75, 3.05) is 6.16 Å². The van der Waals surface area contributed by atoms with Crippen LogP contribution in [0.4, 0.5) is 0 Å². The maximum Gasteiger partial charge on any atom is 0.326 e. The molecule has 0 spiro atoms. The molecule has 1 atom stereocenters. The summed E-state index contributed by atoms with van der Waals surface area (Å²) in [4.78, 5) is 40.5. The van der Waals surface area contributed by atoms with E-state index in [1.54, 1.807) is 24.3 Å². The smallest absolute Gasteiger partial charge is 0.326 e. The number of carbonyl (C=O) groups is 2. The highest BCUT2D eigenvalue weighted by molar-refractivity contribution is 7.51. The summed E-state index contributed by atoms with van der Waals surface area (Å²) in [6.45, 7) is 0. The molecule has 23 heavy (non-hydrogen) atoms. The van der Waals surface area contributed by atoms with E-state index >= 15 is 0 Å². The van der Waals surface area contributed by atoms with E-state index in [0.29, 0.717) is 19.3 Å². The summed E-state index contributed by atoms with van der Waals surface area (Å²) in [5.74, 6) is -1.47. The molecule has 4 N–H and O–H groups in total. The zero-order valence-corrected chi connectivity index (χ0v) is 13.6. The highest BCUT2D eigenvalue weighted by Crippen LogP contribution is 2.35. The third-order valence-electron chi connectivity index (χ3n) is 3.28. The molecule has 0 aromatic heterocycles. The second kappa shape index (κ2) is 9.45. The summed E-state index contributed by atoms with van der Waals surface area (Å²) in [5, 5.41) is 11.6. The second-order valence-corrected chi connectivity index (χ2v) is 7.13. The van der Waals surface area contributed by atoms with Crippen molar-refractivity contribution in [2.45, 2.75) is 38.1 Å². The Bertz CT molecular complexity index is 556. The number of unbranched alkanes of at least 4 members (excludes halogenated alkanes) is 2. The fourth-order valence-corrected chi connectivity index (χ4v) is 2.76. The number of hydrogen-bond donors (Lipinski definition) is 4. The average Bonchev–Trinajstić information content (AvgIpc) is 2.45. The molecule has 128 valence electrons. The molecule has 0 saturated carbocycles. The summed E-state index contributed by atoms with van der Waals surface area (Å²) >= 11 is 0. The van der Waals surface area contributed by atoms with Gasteiger partial charge in [0.05, 0.1) is 6.42 Å². The largest absolute Gasteiger partial charge is 0.480 e. The van der Waals surface area contributed by atoms with E-state index < -0.39 is 19.6 Å². The molecule has 1 aromatic rings. The Morgan fingerprint density at radius 1 is 1.09 bits per heavy atom. The van der Waals surface area contributed by atoms with Gasteiger partial charge in [0, 0.05) is 6.16 Å². The number of amides is 1. The Morgan fingerprint density at radius 2 is 1.74 bits per heavy atom. The predicted octanol–water partition coefficient (Wildman–Crippen LogP) is 1.54. The molecular weight excluding hydrogens is 321 g/mol. The number of carboxylic acid groups (broad SMARTS) is 1. The summed E-state index contributed by atoms with van der Waals surface area (Å²) in [6, 6.07) is 8.03. The van der Waals surface area contributed by atoms with Gasteiger partial charge in [-0.15, -0.1) is 0 Å². The zero-order valence-electron chi connectivity index (χ0n) is 12.7. The fourth-order valence-electron chi connectivity index (χ4n) is 2.13. The fraction of sp³-hybridized carbons (Fsp3) is 0.467. The molecule has 0 bridgehead atoms. The number of aliphatic carboxylic acids is 1. The molecule has 8 heteroatoms. The summed E-state index contributed by atoms with van der Waals surface area (Å²) in [7, 11) is -4.00. The van der Waals surface area contributed by atoms with Crippen LogP contribution in [0.25, 0.3) is 0 Å². The first-order valence-electron chi connectivity index (χ1n) is 7.38. The van der Waals surface area contributed by atoms with Crippen molar-refractivity contribution in [3.05, 3.63) is 35.9 Å². The lowest BCUT2D eigenvalue weighted by molar-refractivity contribution is -0.142. The number of rotatable bonds is 10. The minimum absolute atomic E-state index is 0.114. The van der Waals surface area contributed by atoms with Gasteiger partial charge in [-0.25, -0.2) is 4.79 Å². The molecule has 7 nitrogen and oxygen atoms in total. The molecule has 0 fully saturated rings. The highest BCUT2D eigenvalue weighted by atomic mass is 31.2. The van der Waals surface area contributed by atoms with Crippen LogP contribution in [0.15, 0.2) is 30.3 Å². The van der Waals surface area contributed by atoms with E-state index in [2.05, 4.69) is 5.32 Å². The Labute approximate surface area is 134 Å². The van der Waals surface area contributed by atoms with Crippen LogP contribution < -0.4 is 5.32 Å². The first kappa shape index (κ1) is 19.4. The number of carbonyl (C=O) groups excluding carboxylic acids is 1. The normalized spacial score (nSPS) is 12.6. The topological polar surface area (TPSA) is 124 Å². The van der Waals surface area contributed by atoms with Crippen LogP contribution in [0.5, 0.6) is 0 Å². The Kier molecular flexibility index (Phi) is 7.95. The van der Waals surface area contributed by atoms with E-state index in [0.717, 1.165) is 5.56 Å². The minimum Gasteiger partial charge on any atom is -0.480 e. The Hall–Kier alpha value is -1.69. The third kappa shape index (κ3) is 9.13. The zero-order chi connectivity index (χ0) is 17.3. The number of nitrogens with one attached hydrogen (secondary N) is 1. The first-order chi connectivity index (χ1) is 10.8. The minimum atomic E-state index is -4.00. The van der Waals surface area contributed by atoms with Crippen LogP contribution >= 0.6 is 7.60 Å². The van der Waals surface area contributed by atoms with Gasteiger partial charge in [-0.2, -0.15) is 0 Å². The van der Waals surface area contributed by atoms with Crippen LogP contribution in [0, 0.1) is 0 Å². The maximum atomic E-state index is 11.9. The van der Waals surface area contributed by atoms with Crippen molar-refractivity contribution in [3.63, 3.8) is 0 Å². The van der Waals surface area contributed by atoms with Gasteiger partial charge in [0.1, 0.15) is 6.04 Å². The van der Waals surface area contributed by atoms with E-state index in [1.807, 2.05) is 6.07 Å². The van der Waals surface area contributed by atoms with Crippen LogP contribution in [0.2, 0.25) is 0 Å². The molecule has 1 rings (SSSR count). The van der Waals surface area contributed by atoms with E-state index in [4.69, 9.17) is 14.9 Å². The maximum absolute atomic E-state index is 11.9. The van der Waals surface area contributed by atoms with Crippen LogP contribution in [0.1, 0.15) is 31.2 Å². The quantitative estimate of drug-likeness (QED) is 0.377. The molecule has 0 aliphatic carbocycles. The van der Waals surface area contributed by atoms with Gasteiger partial charge >= 0.3 is 13.6 Å². The van der Waals surface area contributed by atoms with Crippen molar-refractivity contribution in [1.82, 2.24) is 5.32 Å². The van der Waals surface area contributed by atoms with Gasteiger partial charge in [0.15, 0.2) is 0 Å². The highest BCUT2D eigenvalue weighted by Gasteiger charge is 2.19. The van der Waals surface area contributed by atoms with Crippen molar-refractivity contribution in [3.8, 4) is 0 Å². The summed E-state index contributed by atoms with van der Waals surface area (Å²) in [6.07, 6.45) is 1.45. The third-order valence-corrected chi connectivity index (χ3v) is 4.18. The lowest BCUT2D eigenvalue weighted by Gasteiger charge is -2.14. The van der Waals surface area contributed by atoms with Crippen molar-refractivity contribution in [2.24, 2.45) is 0 Å². The van der Waals surface area contributed by atoms with Crippen molar-refractivity contribution in [1.29, 1.82) is 0 Å². The molecule has 0 aliphatic rings. The monoisotopic (exact) mass is 343 g/mol. The van der Waals surface area contributed by atoms with Crippen LogP contribution in [0.3, 0.4) is 0 Å². The van der Waals surface area contributed by atoms with E-state index in [1.165, 1.54) is 0 Å². The SMILES string of the molecule is O=C(Cc1ccccc1)N[C@@H](CCCCCP(=O)(O)O)C(=O)O. The standard InChI is InChI=1S/C15H22NO6P/c17-14(11-12-7-3-1-4-8-12)16-13(15(18)19)9-5-2-6-10-23(20,21)22/h1,3-4,7-8,13H,2,5-6,9-11H2,(H,16,17)(H,18,19)(H2,20,21,22)/t13-/m0/s1. The molecule has 0 heterocycles. The predicted molar refractivity (Wildman–Crippen MR) is 85.1 cm³/mol. The molecule has 0 aliphatic heterocycles. The van der Waals surface area contributed by atoms with Gasteiger partial charge < -0.3 is 20.2 Å². The Balaban J connectivity index is 2.35. The number of hydrogen-bond acceptors (Lipinski definition) is 3. The van der Waals surface area contributed by atoms with Crippen molar-refractivity contribution < 1.29 is 29.0 Å². The van der Waals surface area contributed by atoms with Gasteiger partial charge in [-0.3, -0.25) is 9.36 Å². The molecule has 0 radical (unpaired) electrons. The van der Waals surface area contributed by atoms with Gasteiger partial charge in [-0.05, 0) is 18.4 Å². The molecule has 1 amide bonds. The van der Waals surface area contributed by atoms with Crippen molar-refractivity contribution >= 4 is 19.5 Å². The van der Waals surface area contributed by atoms with Gasteiger partial charge in [-0.1, -0.05) is 43.2 Å². The lowest BCUT2D eigenvalue weighted by Crippen LogP contribution is -2.41. The van der Waals surface area contributed by atoms with Gasteiger partial charge in [0.2, 0.25) is 5.91 Å². The van der Waals surface area contributed by atoms with Crippen LogP contribution in [-0.2, 0) is 20.6 Å². The van der Waals surface area contributed by atoms with Gasteiger partial charge in [0.25, 0.3) is 0 Å². The van der Waals surface area contributed by atoms with E-state index in [9.17, 15) is 14.2 Å².